The summed E-state index contributed by atoms with van der Waals surface area (Å²) < 4.78 is 58.8. The average molecular weight is 435 g/mol. The molecule has 2 aliphatic rings. The lowest BCUT2D eigenvalue weighted by Crippen LogP contribution is -2.30. The third-order valence-corrected chi connectivity index (χ3v) is 7.32. The van der Waals surface area contributed by atoms with Crippen molar-refractivity contribution in [1.82, 2.24) is 0 Å². The molecule has 2 saturated carbocycles. The molecule has 0 radical (unpaired) electrons. The highest BCUT2D eigenvalue weighted by atomic mass is 19.3. The minimum absolute atomic E-state index is 0.0402. The van der Waals surface area contributed by atoms with E-state index in [1.165, 1.54) is 68.5 Å². The normalized spacial score (nSPS) is 26.0. The van der Waals surface area contributed by atoms with Gasteiger partial charge in [-0.15, -0.1) is 0 Å². The van der Waals surface area contributed by atoms with Crippen LogP contribution in [0.3, 0.4) is 0 Å². The summed E-state index contributed by atoms with van der Waals surface area (Å²) in [6.07, 6.45) is 9.55. The van der Waals surface area contributed by atoms with Gasteiger partial charge in [-0.25, -0.2) is 8.78 Å². The molecule has 2 aliphatic carbocycles. The van der Waals surface area contributed by atoms with Crippen molar-refractivity contribution < 1.29 is 22.3 Å². The first kappa shape index (κ1) is 22.2. The smallest absolute Gasteiger partial charge is 0.387 e. The highest BCUT2D eigenvalue weighted by Crippen LogP contribution is 2.48. The number of fused-ring (bicyclic) bond motifs is 1. The molecular formula is C26H30F4O. The Balaban J connectivity index is 1.48. The topological polar surface area (TPSA) is 9.23 Å². The standard InChI is InChI=1S/C26H30F4O/c1-2-3-16-4-5-19-13-20(7-6-18(19)12-16)21-14-23(27)25(24(28)15-21)17-8-10-22(11-9-17)31-26(29)30/h8-11,14-16,18-20,26H,2-7,12-13H2,1H3. The van der Waals surface area contributed by atoms with Crippen LogP contribution >= 0.6 is 0 Å². The zero-order chi connectivity index (χ0) is 22.0. The lowest BCUT2D eigenvalue weighted by molar-refractivity contribution is -0.0498. The molecular weight excluding hydrogens is 404 g/mol. The van der Waals surface area contributed by atoms with Gasteiger partial charge in [0.1, 0.15) is 17.4 Å². The van der Waals surface area contributed by atoms with E-state index in [0.717, 1.165) is 36.7 Å². The predicted molar refractivity (Wildman–Crippen MR) is 114 cm³/mol. The fourth-order valence-electron chi connectivity index (χ4n) is 5.87. The van der Waals surface area contributed by atoms with E-state index < -0.39 is 18.2 Å². The van der Waals surface area contributed by atoms with E-state index in [9.17, 15) is 17.6 Å². The van der Waals surface area contributed by atoms with E-state index in [1.807, 2.05) is 0 Å². The maximum absolute atomic E-state index is 14.9. The largest absolute Gasteiger partial charge is 0.435 e. The second-order valence-electron chi connectivity index (χ2n) is 9.26. The predicted octanol–water partition coefficient (Wildman–Crippen LogP) is 8.33. The number of halogens is 4. The van der Waals surface area contributed by atoms with Crippen LogP contribution in [0, 0.1) is 29.4 Å². The Morgan fingerprint density at radius 2 is 1.55 bits per heavy atom. The Bertz CT molecular complexity index is 856. The number of benzene rings is 2. The van der Waals surface area contributed by atoms with Crippen molar-refractivity contribution >= 4 is 0 Å². The maximum Gasteiger partial charge on any atom is 0.387 e. The highest BCUT2D eigenvalue weighted by Gasteiger charge is 2.36. The van der Waals surface area contributed by atoms with Gasteiger partial charge in [-0.2, -0.15) is 8.78 Å². The summed E-state index contributed by atoms with van der Waals surface area (Å²) in [5, 5.41) is 0. The van der Waals surface area contributed by atoms with Crippen LogP contribution in [-0.4, -0.2) is 6.61 Å². The highest BCUT2D eigenvalue weighted by molar-refractivity contribution is 5.66. The molecule has 0 saturated heterocycles. The van der Waals surface area contributed by atoms with Gasteiger partial charge in [0.15, 0.2) is 0 Å². The van der Waals surface area contributed by atoms with Gasteiger partial charge in [-0.05, 0) is 91.2 Å². The lowest BCUT2D eigenvalue weighted by Gasteiger charge is -2.42. The third-order valence-electron chi connectivity index (χ3n) is 7.32. The van der Waals surface area contributed by atoms with Crippen LogP contribution in [0.5, 0.6) is 5.75 Å². The number of rotatable bonds is 6. The minimum atomic E-state index is -2.93. The molecule has 5 heteroatoms. The van der Waals surface area contributed by atoms with Crippen LogP contribution in [0.2, 0.25) is 0 Å². The van der Waals surface area contributed by atoms with E-state index in [2.05, 4.69) is 11.7 Å². The summed E-state index contributed by atoms with van der Waals surface area (Å²) in [6, 6.07) is 8.33. The Morgan fingerprint density at radius 1 is 0.903 bits per heavy atom. The molecule has 0 heterocycles. The first-order chi connectivity index (χ1) is 14.9. The van der Waals surface area contributed by atoms with E-state index in [1.54, 1.807) is 0 Å². The van der Waals surface area contributed by atoms with Crippen molar-refractivity contribution in [2.75, 3.05) is 0 Å². The van der Waals surface area contributed by atoms with Gasteiger partial charge in [0, 0.05) is 0 Å². The Labute approximate surface area is 181 Å². The SMILES string of the molecule is CCCC1CCC2CC(c3cc(F)c(-c4ccc(OC(F)F)cc4)c(F)c3)CCC2C1. The molecule has 0 amide bonds. The quantitative estimate of drug-likeness (QED) is 0.415. The van der Waals surface area contributed by atoms with E-state index >= 15 is 0 Å². The van der Waals surface area contributed by atoms with Crippen molar-refractivity contribution in [3.63, 3.8) is 0 Å². The number of hydrogen-bond donors (Lipinski definition) is 0. The Hall–Kier alpha value is -2.04. The van der Waals surface area contributed by atoms with Gasteiger partial charge in [0.2, 0.25) is 0 Å². The molecule has 0 N–H and O–H groups in total. The first-order valence-electron chi connectivity index (χ1n) is 11.5. The van der Waals surface area contributed by atoms with Crippen LogP contribution in [0.1, 0.15) is 69.8 Å². The van der Waals surface area contributed by atoms with Gasteiger partial charge in [-0.3, -0.25) is 0 Å². The van der Waals surface area contributed by atoms with Gasteiger partial charge >= 0.3 is 6.61 Å². The molecule has 0 aliphatic heterocycles. The number of hydrogen-bond acceptors (Lipinski definition) is 1. The van der Waals surface area contributed by atoms with Gasteiger partial charge < -0.3 is 4.74 Å². The summed E-state index contributed by atoms with van der Waals surface area (Å²) >= 11 is 0. The molecule has 4 unspecified atom stereocenters. The molecule has 2 aromatic rings. The molecule has 4 rings (SSSR count). The van der Waals surface area contributed by atoms with E-state index in [-0.39, 0.29) is 17.2 Å². The Morgan fingerprint density at radius 3 is 2.19 bits per heavy atom. The fraction of sp³-hybridized carbons (Fsp3) is 0.538. The molecule has 2 aromatic carbocycles. The van der Waals surface area contributed by atoms with Crippen LogP contribution in [-0.2, 0) is 0 Å². The molecule has 0 aromatic heterocycles. The lowest BCUT2D eigenvalue weighted by atomic mass is 9.63. The van der Waals surface area contributed by atoms with Gasteiger partial charge in [-0.1, -0.05) is 38.3 Å². The van der Waals surface area contributed by atoms with Gasteiger partial charge in [0.05, 0.1) is 5.56 Å². The maximum atomic E-state index is 14.9. The van der Waals surface area contributed by atoms with Crippen LogP contribution in [0.15, 0.2) is 36.4 Å². The summed E-state index contributed by atoms with van der Waals surface area (Å²) in [4.78, 5) is 0. The second-order valence-corrected chi connectivity index (χ2v) is 9.26. The summed E-state index contributed by atoms with van der Waals surface area (Å²) in [7, 11) is 0. The summed E-state index contributed by atoms with van der Waals surface area (Å²) in [5.41, 5.74) is 0.924. The van der Waals surface area contributed by atoms with E-state index in [0.29, 0.717) is 11.5 Å². The number of ether oxygens (including phenoxy) is 1. The second kappa shape index (κ2) is 9.62. The molecule has 0 spiro atoms. The van der Waals surface area contributed by atoms with Gasteiger partial charge in [0.25, 0.3) is 0 Å². The molecule has 2 fully saturated rings. The van der Waals surface area contributed by atoms with Crippen molar-refractivity contribution in [2.24, 2.45) is 17.8 Å². The average Bonchev–Trinajstić information content (AvgIpc) is 2.74. The van der Waals surface area contributed by atoms with Crippen molar-refractivity contribution in [1.29, 1.82) is 0 Å². The summed E-state index contributed by atoms with van der Waals surface area (Å²) in [6.45, 7) is -0.684. The molecule has 1 nitrogen and oxygen atoms in total. The Kier molecular flexibility index (Phi) is 6.88. The molecule has 4 atom stereocenters. The number of alkyl halides is 2. The van der Waals surface area contributed by atoms with Crippen LogP contribution in [0.25, 0.3) is 11.1 Å². The summed E-state index contributed by atoms with van der Waals surface area (Å²) in [5.74, 6) is 1.24. The zero-order valence-corrected chi connectivity index (χ0v) is 17.9. The van der Waals surface area contributed by atoms with Crippen molar-refractivity contribution in [3.05, 3.63) is 53.6 Å². The van der Waals surface area contributed by atoms with Crippen molar-refractivity contribution in [3.8, 4) is 16.9 Å². The molecule has 168 valence electrons. The molecule has 0 bridgehead atoms. The van der Waals surface area contributed by atoms with Crippen LogP contribution < -0.4 is 4.74 Å². The zero-order valence-electron chi connectivity index (χ0n) is 17.9. The third kappa shape index (κ3) is 5.07. The van der Waals surface area contributed by atoms with E-state index in [4.69, 9.17) is 0 Å². The molecule has 31 heavy (non-hydrogen) atoms. The van der Waals surface area contributed by atoms with Crippen LogP contribution in [0.4, 0.5) is 17.6 Å². The first-order valence-corrected chi connectivity index (χ1v) is 11.5. The van der Waals surface area contributed by atoms with Crippen molar-refractivity contribution in [2.45, 2.75) is 70.8 Å². The monoisotopic (exact) mass is 434 g/mol. The minimum Gasteiger partial charge on any atom is -0.435 e. The fourth-order valence-corrected chi connectivity index (χ4v) is 5.87.